The fourth-order valence-electron chi connectivity index (χ4n) is 4.22. The van der Waals surface area contributed by atoms with Crippen molar-refractivity contribution in [1.29, 1.82) is 0 Å². The highest BCUT2D eigenvalue weighted by atomic mass is 16.5. The van der Waals surface area contributed by atoms with E-state index in [1.54, 1.807) is 0 Å². The molecule has 0 unspecified atom stereocenters. The predicted octanol–water partition coefficient (Wildman–Crippen LogP) is 6.86. The Morgan fingerprint density at radius 1 is 0.857 bits per heavy atom. The van der Waals surface area contributed by atoms with Gasteiger partial charge in [-0.2, -0.15) is 0 Å². The van der Waals surface area contributed by atoms with Crippen LogP contribution in [0.1, 0.15) is 77.2 Å². The van der Waals surface area contributed by atoms with Crippen molar-refractivity contribution in [2.75, 3.05) is 6.61 Å². The van der Waals surface area contributed by atoms with Crippen molar-refractivity contribution >= 4 is 0 Å². The zero-order valence-electron chi connectivity index (χ0n) is 17.7. The van der Waals surface area contributed by atoms with Gasteiger partial charge < -0.3 is 4.74 Å². The summed E-state index contributed by atoms with van der Waals surface area (Å²) in [6, 6.07) is 12.8. The first-order valence-corrected chi connectivity index (χ1v) is 11.3. The largest absolute Gasteiger partial charge is 0.477 e. The Kier molecular flexibility index (Phi) is 8.32. The van der Waals surface area contributed by atoms with Crippen molar-refractivity contribution in [3.05, 3.63) is 42.0 Å². The van der Waals surface area contributed by atoms with E-state index in [1.165, 1.54) is 63.4 Å². The average molecular weight is 381 g/mol. The smallest absolute Gasteiger partial charge is 0.233 e. The van der Waals surface area contributed by atoms with E-state index < -0.39 is 0 Å². The molecule has 1 aromatic carbocycles. The number of aromatic nitrogens is 2. The van der Waals surface area contributed by atoms with Crippen LogP contribution in [0.25, 0.3) is 11.3 Å². The Morgan fingerprint density at radius 3 is 2.25 bits per heavy atom. The summed E-state index contributed by atoms with van der Waals surface area (Å²) in [6.07, 6.45) is 13.1. The molecule has 0 radical (unpaired) electrons. The monoisotopic (exact) mass is 380 g/mol. The van der Waals surface area contributed by atoms with E-state index in [4.69, 9.17) is 4.74 Å². The minimum Gasteiger partial charge on any atom is -0.477 e. The van der Waals surface area contributed by atoms with Gasteiger partial charge >= 0.3 is 0 Å². The lowest BCUT2D eigenvalue weighted by Crippen LogP contribution is -2.14. The second-order valence-electron chi connectivity index (χ2n) is 8.34. The van der Waals surface area contributed by atoms with Crippen LogP contribution < -0.4 is 4.74 Å². The highest BCUT2D eigenvalue weighted by Gasteiger charge is 2.19. The number of benzene rings is 1. The second kappa shape index (κ2) is 11.2. The van der Waals surface area contributed by atoms with Crippen LogP contribution in [-0.2, 0) is 6.42 Å². The Balaban J connectivity index is 1.46. The lowest BCUT2D eigenvalue weighted by atomic mass is 9.78. The van der Waals surface area contributed by atoms with Crippen LogP contribution in [0.3, 0.4) is 0 Å². The summed E-state index contributed by atoms with van der Waals surface area (Å²) in [5.41, 5.74) is 3.47. The summed E-state index contributed by atoms with van der Waals surface area (Å²) in [5.74, 6) is 2.54. The standard InChI is InChI=1S/C25H36N2O/c1-3-5-6-19-28-25-18-17-24(26-27-25)23-15-13-22(14-16-23)12-11-21-9-7-20(4-2)8-10-21/h13-18,20-21H,3-12,19H2,1-2H3/t20-,21-. The van der Waals surface area contributed by atoms with Crippen LogP contribution in [0.5, 0.6) is 5.88 Å². The van der Waals surface area contributed by atoms with Gasteiger partial charge in [0.05, 0.1) is 12.3 Å². The van der Waals surface area contributed by atoms with E-state index in [0.717, 1.165) is 36.1 Å². The lowest BCUT2D eigenvalue weighted by Gasteiger charge is -2.27. The van der Waals surface area contributed by atoms with Crippen molar-refractivity contribution in [2.24, 2.45) is 11.8 Å². The van der Waals surface area contributed by atoms with Gasteiger partial charge in [-0.25, -0.2) is 0 Å². The number of hydrogen-bond acceptors (Lipinski definition) is 3. The van der Waals surface area contributed by atoms with Gasteiger partial charge in [0.15, 0.2) is 0 Å². The van der Waals surface area contributed by atoms with Gasteiger partial charge in [-0.3, -0.25) is 0 Å². The van der Waals surface area contributed by atoms with Crippen LogP contribution in [0.2, 0.25) is 0 Å². The summed E-state index contributed by atoms with van der Waals surface area (Å²) in [6.45, 7) is 5.25. The van der Waals surface area contributed by atoms with E-state index in [-0.39, 0.29) is 0 Å². The van der Waals surface area contributed by atoms with Crippen LogP contribution in [0.15, 0.2) is 36.4 Å². The highest BCUT2D eigenvalue weighted by molar-refractivity contribution is 5.59. The first kappa shape index (κ1) is 20.8. The SMILES string of the molecule is CCCCCOc1ccc(-c2ccc(CC[C@H]3CC[C@H](CC)CC3)cc2)nn1. The van der Waals surface area contributed by atoms with Crippen LogP contribution in [-0.4, -0.2) is 16.8 Å². The fourth-order valence-corrected chi connectivity index (χ4v) is 4.22. The molecule has 0 aliphatic heterocycles. The van der Waals surface area contributed by atoms with Gasteiger partial charge in [-0.1, -0.05) is 83.1 Å². The molecule has 2 aromatic rings. The molecule has 0 N–H and O–H groups in total. The number of rotatable bonds is 10. The normalized spacial score (nSPS) is 19.5. The first-order chi connectivity index (χ1) is 13.8. The first-order valence-electron chi connectivity index (χ1n) is 11.3. The second-order valence-corrected chi connectivity index (χ2v) is 8.34. The molecule has 0 amide bonds. The topological polar surface area (TPSA) is 35.0 Å². The maximum absolute atomic E-state index is 5.65. The van der Waals surface area contributed by atoms with E-state index in [9.17, 15) is 0 Å². The zero-order chi connectivity index (χ0) is 19.6. The quantitative estimate of drug-likeness (QED) is 0.422. The predicted molar refractivity (Wildman–Crippen MR) is 117 cm³/mol. The number of nitrogens with zero attached hydrogens (tertiary/aromatic N) is 2. The Morgan fingerprint density at radius 2 is 1.61 bits per heavy atom. The molecule has 1 aliphatic carbocycles. The zero-order valence-corrected chi connectivity index (χ0v) is 17.7. The molecular formula is C25H36N2O. The van der Waals surface area contributed by atoms with Gasteiger partial charge in [0.25, 0.3) is 0 Å². The minimum atomic E-state index is 0.620. The molecule has 3 rings (SSSR count). The maximum atomic E-state index is 5.65. The van der Waals surface area contributed by atoms with E-state index in [0.29, 0.717) is 5.88 Å². The van der Waals surface area contributed by atoms with Gasteiger partial charge in [0.1, 0.15) is 0 Å². The number of aryl methyl sites for hydroxylation is 1. The maximum Gasteiger partial charge on any atom is 0.233 e. The van der Waals surface area contributed by atoms with Crippen molar-refractivity contribution in [1.82, 2.24) is 10.2 Å². The van der Waals surface area contributed by atoms with Crippen LogP contribution >= 0.6 is 0 Å². The molecule has 152 valence electrons. The van der Waals surface area contributed by atoms with Gasteiger partial charge in [-0.05, 0) is 42.7 Å². The minimum absolute atomic E-state index is 0.620. The molecule has 0 saturated heterocycles. The molecule has 1 fully saturated rings. The summed E-state index contributed by atoms with van der Waals surface area (Å²) < 4.78 is 5.65. The summed E-state index contributed by atoms with van der Waals surface area (Å²) in [5, 5.41) is 8.55. The molecule has 1 saturated carbocycles. The summed E-state index contributed by atoms with van der Waals surface area (Å²) in [7, 11) is 0. The molecule has 0 atom stereocenters. The average Bonchev–Trinajstić information content (AvgIpc) is 2.76. The third-order valence-electron chi connectivity index (χ3n) is 6.27. The highest BCUT2D eigenvalue weighted by Crippen LogP contribution is 2.33. The molecule has 3 nitrogen and oxygen atoms in total. The third-order valence-corrected chi connectivity index (χ3v) is 6.27. The molecule has 28 heavy (non-hydrogen) atoms. The van der Waals surface area contributed by atoms with E-state index in [1.807, 2.05) is 12.1 Å². The van der Waals surface area contributed by atoms with Gasteiger partial charge in [0.2, 0.25) is 5.88 Å². The Bertz CT molecular complexity index is 673. The Labute approximate surface area is 170 Å². The fraction of sp³-hybridized carbons (Fsp3) is 0.600. The van der Waals surface area contributed by atoms with Crippen molar-refractivity contribution in [3.8, 4) is 17.1 Å². The van der Waals surface area contributed by atoms with Gasteiger partial charge in [-0.15, -0.1) is 10.2 Å². The third kappa shape index (κ3) is 6.32. The number of unbranched alkanes of at least 4 members (excludes halogenated alkanes) is 2. The number of hydrogen-bond donors (Lipinski definition) is 0. The molecule has 1 aliphatic rings. The van der Waals surface area contributed by atoms with Crippen molar-refractivity contribution in [2.45, 2.75) is 78.1 Å². The molecule has 0 bridgehead atoms. The summed E-state index contributed by atoms with van der Waals surface area (Å²) >= 11 is 0. The number of ether oxygens (including phenoxy) is 1. The Hall–Kier alpha value is -1.90. The van der Waals surface area contributed by atoms with Crippen molar-refractivity contribution < 1.29 is 4.74 Å². The summed E-state index contributed by atoms with van der Waals surface area (Å²) in [4.78, 5) is 0. The van der Waals surface area contributed by atoms with Crippen LogP contribution in [0.4, 0.5) is 0 Å². The van der Waals surface area contributed by atoms with E-state index >= 15 is 0 Å². The molecule has 1 aromatic heterocycles. The molecule has 0 spiro atoms. The molecule has 3 heteroatoms. The van der Waals surface area contributed by atoms with Gasteiger partial charge in [0, 0.05) is 11.6 Å². The van der Waals surface area contributed by atoms with Crippen LogP contribution in [0, 0.1) is 11.8 Å². The molecular weight excluding hydrogens is 344 g/mol. The van der Waals surface area contributed by atoms with Crippen molar-refractivity contribution in [3.63, 3.8) is 0 Å². The van der Waals surface area contributed by atoms with E-state index in [2.05, 4.69) is 48.3 Å². The lowest BCUT2D eigenvalue weighted by molar-refractivity contribution is 0.259. The molecule has 1 heterocycles.